The Bertz CT molecular complexity index is 1170. The van der Waals surface area contributed by atoms with Crippen molar-refractivity contribution in [2.24, 2.45) is 0 Å². The van der Waals surface area contributed by atoms with Crippen molar-refractivity contribution in [3.05, 3.63) is 59.7 Å². The summed E-state index contributed by atoms with van der Waals surface area (Å²) in [4.78, 5) is 22.6. The van der Waals surface area contributed by atoms with Crippen LogP contribution in [0.3, 0.4) is 0 Å². The number of ether oxygens (including phenoxy) is 11. The van der Waals surface area contributed by atoms with Crippen LogP contribution in [0.5, 0.6) is 0 Å². The molecule has 0 saturated heterocycles. The van der Waals surface area contributed by atoms with E-state index in [9.17, 15) is 9.59 Å². The number of fused-ring (bicyclic) bond motifs is 3. The second-order valence-electron chi connectivity index (χ2n) is 11.2. The maximum atomic E-state index is 12.2. The highest BCUT2D eigenvalue weighted by molar-refractivity contribution is 5.79. The molecule has 0 bridgehead atoms. The fourth-order valence-corrected chi connectivity index (χ4v) is 4.97. The van der Waals surface area contributed by atoms with Crippen molar-refractivity contribution in [2.45, 2.75) is 12.3 Å². The zero-order valence-electron chi connectivity index (χ0n) is 30.0. The maximum absolute atomic E-state index is 12.2. The second-order valence-corrected chi connectivity index (χ2v) is 11.2. The van der Waals surface area contributed by atoms with Crippen molar-refractivity contribution < 1.29 is 66.8 Å². The third-order valence-corrected chi connectivity index (χ3v) is 7.46. The molecule has 0 saturated carbocycles. The summed E-state index contributed by atoms with van der Waals surface area (Å²) < 4.78 is 59.4. The number of carboxylic acids is 1. The van der Waals surface area contributed by atoms with Crippen LogP contribution in [0.15, 0.2) is 48.5 Å². The molecule has 2 aromatic carbocycles. The number of nitrogens with one attached hydrogen (secondary N) is 1. The number of carbonyl (C=O) groups excluding carboxylic acids is 1. The van der Waals surface area contributed by atoms with Crippen LogP contribution in [0.2, 0.25) is 0 Å². The van der Waals surface area contributed by atoms with Crippen molar-refractivity contribution in [1.82, 2.24) is 5.32 Å². The quantitative estimate of drug-likeness (QED) is 0.0794. The van der Waals surface area contributed by atoms with E-state index in [2.05, 4.69) is 29.6 Å². The van der Waals surface area contributed by atoms with Gasteiger partial charge in [-0.1, -0.05) is 48.5 Å². The molecule has 0 radical (unpaired) electrons. The third kappa shape index (κ3) is 19.6. The summed E-state index contributed by atoms with van der Waals surface area (Å²) in [5.74, 6) is -0.849. The largest absolute Gasteiger partial charge is 0.481 e. The lowest BCUT2D eigenvalue weighted by molar-refractivity contribution is -0.138. The first-order valence-electron chi connectivity index (χ1n) is 17.7. The van der Waals surface area contributed by atoms with Gasteiger partial charge < -0.3 is 62.5 Å². The fourth-order valence-electron chi connectivity index (χ4n) is 4.97. The number of aliphatic carboxylic acids is 1. The summed E-state index contributed by atoms with van der Waals surface area (Å²) in [6.45, 7) is 8.21. The monoisotopic (exact) mass is 737 g/mol. The number of rotatable bonds is 34. The van der Waals surface area contributed by atoms with E-state index in [0.29, 0.717) is 119 Å². The van der Waals surface area contributed by atoms with Gasteiger partial charge in [0, 0.05) is 12.5 Å². The van der Waals surface area contributed by atoms with Gasteiger partial charge in [-0.25, -0.2) is 4.79 Å². The van der Waals surface area contributed by atoms with Crippen molar-refractivity contribution in [3.8, 4) is 11.1 Å². The zero-order chi connectivity index (χ0) is 36.7. The fraction of sp³-hybridized carbons (Fsp3) is 0.622. The molecule has 3 rings (SSSR count). The topological polar surface area (TPSA) is 168 Å². The molecule has 2 aromatic rings. The predicted molar refractivity (Wildman–Crippen MR) is 189 cm³/mol. The molecule has 1 aliphatic rings. The van der Waals surface area contributed by atoms with Crippen molar-refractivity contribution in [1.29, 1.82) is 0 Å². The molecule has 0 atom stereocenters. The highest BCUT2D eigenvalue weighted by atomic mass is 16.7. The molecule has 0 fully saturated rings. The summed E-state index contributed by atoms with van der Waals surface area (Å²) >= 11 is 0. The van der Waals surface area contributed by atoms with E-state index in [1.807, 2.05) is 24.3 Å². The van der Waals surface area contributed by atoms with E-state index < -0.39 is 12.1 Å². The SMILES string of the molecule is O=C(O)CCOCCOCCOCCOCCOCCOCOCCOCCOCCOCCNC(=O)OCC1c2ccccc2-c2ccccc21. The normalized spacial score (nSPS) is 12.2. The van der Waals surface area contributed by atoms with Crippen LogP contribution in [0, 0.1) is 0 Å². The molecule has 0 aliphatic heterocycles. The Morgan fingerprint density at radius 2 is 0.865 bits per heavy atom. The second kappa shape index (κ2) is 29.3. The van der Waals surface area contributed by atoms with Crippen LogP contribution in [0.4, 0.5) is 4.79 Å². The van der Waals surface area contributed by atoms with E-state index in [4.69, 9.17) is 57.2 Å². The van der Waals surface area contributed by atoms with Crippen LogP contribution < -0.4 is 5.32 Å². The predicted octanol–water partition coefficient (Wildman–Crippen LogP) is 3.12. The van der Waals surface area contributed by atoms with Gasteiger partial charge in [-0.3, -0.25) is 4.79 Å². The molecule has 0 spiro atoms. The number of carboxylic acid groups (broad SMARTS) is 1. The van der Waals surface area contributed by atoms with Crippen LogP contribution in [0.25, 0.3) is 11.1 Å². The summed E-state index contributed by atoms with van der Waals surface area (Å²) in [5.41, 5.74) is 4.75. The lowest BCUT2D eigenvalue weighted by Gasteiger charge is -2.14. The van der Waals surface area contributed by atoms with Crippen LogP contribution in [0.1, 0.15) is 23.5 Å². The molecule has 1 amide bonds. The van der Waals surface area contributed by atoms with Gasteiger partial charge in [0.05, 0.1) is 125 Å². The summed E-state index contributed by atoms with van der Waals surface area (Å²) in [6, 6.07) is 16.5. The van der Waals surface area contributed by atoms with Crippen molar-refractivity contribution >= 4 is 12.1 Å². The van der Waals surface area contributed by atoms with Crippen LogP contribution in [-0.4, -0.2) is 156 Å². The van der Waals surface area contributed by atoms with Crippen molar-refractivity contribution in [3.63, 3.8) is 0 Å². The Balaban J connectivity index is 0.961. The maximum Gasteiger partial charge on any atom is 0.407 e. The molecule has 52 heavy (non-hydrogen) atoms. The molecule has 2 N–H and O–H groups in total. The molecule has 1 aliphatic carbocycles. The van der Waals surface area contributed by atoms with E-state index in [1.54, 1.807) is 0 Å². The van der Waals surface area contributed by atoms with Gasteiger partial charge in [-0.15, -0.1) is 0 Å². The van der Waals surface area contributed by atoms with E-state index in [-0.39, 0.29) is 32.3 Å². The smallest absolute Gasteiger partial charge is 0.407 e. The number of hydrogen-bond donors (Lipinski definition) is 2. The number of alkyl carbamates (subject to hydrolysis) is 1. The minimum absolute atomic E-state index is 0.00891. The minimum Gasteiger partial charge on any atom is -0.481 e. The molecule has 0 heterocycles. The number of amides is 1. The first kappa shape index (κ1) is 43.2. The summed E-state index contributed by atoms with van der Waals surface area (Å²) in [6.07, 6.45) is -0.469. The van der Waals surface area contributed by atoms with Gasteiger partial charge in [-0.2, -0.15) is 0 Å². The Morgan fingerprint density at radius 3 is 1.29 bits per heavy atom. The minimum atomic E-state index is -0.880. The Kier molecular flexibility index (Phi) is 24.3. The van der Waals surface area contributed by atoms with Gasteiger partial charge in [0.25, 0.3) is 0 Å². The van der Waals surface area contributed by atoms with Gasteiger partial charge in [0.15, 0.2) is 0 Å². The molecule has 15 nitrogen and oxygen atoms in total. The zero-order valence-corrected chi connectivity index (χ0v) is 30.0. The Hall–Kier alpha value is -3.22. The van der Waals surface area contributed by atoms with Crippen LogP contribution in [-0.2, 0) is 56.9 Å². The van der Waals surface area contributed by atoms with Crippen molar-refractivity contribution in [2.75, 3.05) is 139 Å². The lowest BCUT2D eigenvalue weighted by atomic mass is 9.98. The molecular weight excluding hydrogens is 682 g/mol. The average molecular weight is 738 g/mol. The van der Waals surface area contributed by atoms with E-state index in [1.165, 1.54) is 22.3 Å². The molecular formula is C37H55NO14. The first-order chi connectivity index (χ1) is 25.7. The Morgan fingerprint density at radius 1 is 0.500 bits per heavy atom. The van der Waals surface area contributed by atoms with Crippen LogP contribution >= 0.6 is 0 Å². The number of hydrogen-bond acceptors (Lipinski definition) is 13. The highest BCUT2D eigenvalue weighted by Gasteiger charge is 2.28. The van der Waals surface area contributed by atoms with Gasteiger partial charge in [0.1, 0.15) is 13.4 Å². The van der Waals surface area contributed by atoms with Gasteiger partial charge >= 0.3 is 12.1 Å². The summed E-state index contributed by atoms with van der Waals surface area (Å²) in [5, 5.41) is 11.2. The van der Waals surface area contributed by atoms with E-state index >= 15 is 0 Å². The molecule has 0 aromatic heterocycles. The number of carbonyl (C=O) groups is 2. The average Bonchev–Trinajstić information content (AvgIpc) is 3.47. The third-order valence-electron chi connectivity index (χ3n) is 7.46. The molecule has 15 heteroatoms. The highest BCUT2D eigenvalue weighted by Crippen LogP contribution is 2.44. The first-order valence-corrected chi connectivity index (χ1v) is 17.7. The lowest BCUT2D eigenvalue weighted by Crippen LogP contribution is -2.29. The Labute approximate surface area is 306 Å². The van der Waals surface area contributed by atoms with Gasteiger partial charge in [-0.05, 0) is 22.3 Å². The molecule has 292 valence electrons. The number of benzene rings is 2. The van der Waals surface area contributed by atoms with E-state index in [0.717, 1.165) is 0 Å². The standard InChI is InChI=1S/C37H55NO14/c39-36(40)9-11-42-13-15-44-17-18-46-19-20-47-22-24-49-26-28-51-30-50-27-25-48-23-21-45-16-14-43-12-10-38-37(41)52-29-35-33-7-3-1-5-31(33)32-6-2-4-8-34(32)35/h1-8,35H,9-30H2,(H,38,41)(H,39,40). The summed E-state index contributed by atoms with van der Waals surface area (Å²) in [7, 11) is 0. The molecule has 0 unspecified atom stereocenters. The van der Waals surface area contributed by atoms with Gasteiger partial charge in [0.2, 0.25) is 0 Å².